The molecule has 0 spiro atoms. The number of fused-ring (bicyclic) bond motifs is 1. The average Bonchev–Trinajstić information content (AvgIpc) is 2.84. The maximum Gasteiger partial charge on any atom is 0.232 e. The minimum absolute atomic E-state index is 0.0101. The maximum absolute atomic E-state index is 12.4. The van der Waals surface area contributed by atoms with E-state index in [4.69, 9.17) is 9.47 Å². The predicted octanol–water partition coefficient (Wildman–Crippen LogP) is 3.34. The fraction of sp³-hybridized carbons (Fsp3) is 0.167. The summed E-state index contributed by atoms with van der Waals surface area (Å²) in [5, 5.41) is 19.3. The highest BCUT2D eigenvalue weighted by Crippen LogP contribution is 2.44. The lowest BCUT2D eigenvalue weighted by Crippen LogP contribution is -1.99. The van der Waals surface area contributed by atoms with Crippen molar-refractivity contribution in [2.75, 3.05) is 7.11 Å². The molecule has 0 saturated carbocycles. The van der Waals surface area contributed by atoms with Gasteiger partial charge in [0.2, 0.25) is 11.5 Å². The lowest BCUT2D eigenvalue weighted by atomic mass is 10.0. The molecule has 2 aromatic rings. The van der Waals surface area contributed by atoms with Crippen LogP contribution in [0.3, 0.4) is 0 Å². The van der Waals surface area contributed by atoms with Crippen LogP contribution in [0, 0.1) is 13.8 Å². The lowest BCUT2D eigenvalue weighted by molar-refractivity contribution is 0.101. The first-order chi connectivity index (χ1) is 10.9. The van der Waals surface area contributed by atoms with Gasteiger partial charge in [0.05, 0.1) is 12.7 Å². The Kier molecular flexibility index (Phi) is 3.48. The Labute approximate surface area is 133 Å². The van der Waals surface area contributed by atoms with Crippen LogP contribution in [0.15, 0.2) is 30.0 Å². The van der Waals surface area contributed by atoms with Crippen LogP contribution in [0.2, 0.25) is 0 Å². The first-order valence-corrected chi connectivity index (χ1v) is 7.06. The molecule has 0 aliphatic carbocycles. The Balaban J connectivity index is 2.05. The Morgan fingerprint density at radius 3 is 2.57 bits per heavy atom. The smallest absolute Gasteiger partial charge is 0.232 e. The summed E-state index contributed by atoms with van der Waals surface area (Å²) < 4.78 is 10.7. The second-order valence-electron chi connectivity index (χ2n) is 5.43. The van der Waals surface area contributed by atoms with Gasteiger partial charge in [-0.3, -0.25) is 4.79 Å². The van der Waals surface area contributed by atoms with Crippen molar-refractivity contribution in [1.82, 2.24) is 0 Å². The number of benzene rings is 2. The van der Waals surface area contributed by atoms with E-state index in [1.165, 1.54) is 12.1 Å². The third kappa shape index (κ3) is 2.40. The van der Waals surface area contributed by atoms with Gasteiger partial charge in [0.1, 0.15) is 5.75 Å². The summed E-state index contributed by atoms with van der Waals surface area (Å²) in [6, 6.07) is 6.48. The van der Waals surface area contributed by atoms with Gasteiger partial charge in [0.15, 0.2) is 17.3 Å². The van der Waals surface area contributed by atoms with Gasteiger partial charge in [-0.15, -0.1) is 0 Å². The Hall–Kier alpha value is -2.95. The summed E-state index contributed by atoms with van der Waals surface area (Å²) in [6.07, 6.45) is 1.63. The predicted molar refractivity (Wildman–Crippen MR) is 85.2 cm³/mol. The largest absolute Gasteiger partial charge is 0.504 e. The van der Waals surface area contributed by atoms with E-state index in [9.17, 15) is 15.0 Å². The molecule has 0 fully saturated rings. The number of aromatic hydroxyl groups is 2. The zero-order valence-electron chi connectivity index (χ0n) is 13.0. The molecule has 118 valence electrons. The van der Waals surface area contributed by atoms with E-state index in [1.807, 2.05) is 26.0 Å². The van der Waals surface area contributed by atoms with Crippen LogP contribution in [0.4, 0.5) is 0 Å². The van der Waals surface area contributed by atoms with Gasteiger partial charge < -0.3 is 19.7 Å². The molecule has 2 N–H and O–H groups in total. The van der Waals surface area contributed by atoms with Gasteiger partial charge >= 0.3 is 0 Å². The number of Topliss-reactive ketones (excluding diaryl/α,β-unsaturated/α-hetero) is 1. The number of hydrogen-bond acceptors (Lipinski definition) is 5. The van der Waals surface area contributed by atoms with Crippen LogP contribution in [0.1, 0.15) is 27.0 Å². The number of methoxy groups -OCH3 is 1. The van der Waals surface area contributed by atoms with Crippen molar-refractivity contribution in [3.8, 4) is 23.0 Å². The Morgan fingerprint density at radius 2 is 1.87 bits per heavy atom. The van der Waals surface area contributed by atoms with E-state index < -0.39 is 5.75 Å². The number of ether oxygens (including phenoxy) is 2. The van der Waals surface area contributed by atoms with Crippen LogP contribution >= 0.6 is 0 Å². The molecule has 0 bridgehead atoms. The highest BCUT2D eigenvalue weighted by Gasteiger charge is 2.31. The molecule has 0 saturated heterocycles. The molecule has 0 amide bonds. The third-order valence-corrected chi connectivity index (χ3v) is 3.86. The zero-order valence-corrected chi connectivity index (χ0v) is 13.0. The number of rotatable bonds is 2. The second-order valence-corrected chi connectivity index (χ2v) is 5.43. The quantitative estimate of drug-likeness (QED) is 0.657. The standard InChI is InChI=1S/C18H16O5/c1-9-7-14(22-3)10(2)6-11(9)8-15-16(20)12-4-5-13(19)17(21)18(12)23-15/h4-8,19,21H,1-3H3/b15-8-. The van der Waals surface area contributed by atoms with Crippen molar-refractivity contribution in [3.05, 3.63) is 52.3 Å². The number of carbonyl (C=O) groups excluding carboxylic acids is 1. The molecule has 2 aromatic carbocycles. The highest BCUT2D eigenvalue weighted by atomic mass is 16.5. The minimum Gasteiger partial charge on any atom is -0.504 e. The molecule has 1 heterocycles. The lowest BCUT2D eigenvalue weighted by Gasteiger charge is -2.09. The SMILES string of the molecule is COc1cc(C)c(/C=C2\Oc3c(ccc(O)c3O)C2=O)cc1C. The van der Waals surface area contributed by atoms with Crippen LogP contribution in [0.25, 0.3) is 6.08 Å². The van der Waals surface area contributed by atoms with Gasteiger partial charge in [-0.2, -0.15) is 0 Å². The first kappa shape index (κ1) is 15.0. The number of allylic oxidation sites excluding steroid dienone is 1. The van der Waals surface area contributed by atoms with E-state index in [1.54, 1.807) is 13.2 Å². The van der Waals surface area contributed by atoms with Crippen LogP contribution in [-0.2, 0) is 0 Å². The van der Waals surface area contributed by atoms with Crippen molar-refractivity contribution in [3.63, 3.8) is 0 Å². The van der Waals surface area contributed by atoms with Crippen LogP contribution in [0.5, 0.6) is 23.0 Å². The Bertz CT molecular complexity index is 849. The molecule has 1 aliphatic heterocycles. The summed E-state index contributed by atoms with van der Waals surface area (Å²) in [5.41, 5.74) is 2.92. The average molecular weight is 312 g/mol. The summed E-state index contributed by atoms with van der Waals surface area (Å²) >= 11 is 0. The van der Waals surface area contributed by atoms with Crippen molar-refractivity contribution < 1.29 is 24.5 Å². The molecule has 5 nitrogen and oxygen atoms in total. The monoisotopic (exact) mass is 312 g/mol. The van der Waals surface area contributed by atoms with E-state index in [-0.39, 0.29) is 28.6 Å². The molecule has 5 heteroatoms. The number of ketones is 1. The molecule has 0 aromatic heterocycles. The number of hydrogen-bond donors (Lipinski definition) is 2. The molecule has 23 heavy (non-hydrogen) atoms. The molecule has 0 unspecified atom stereocenters. The summed E-state index contributed by atoms with van der Waals surface area (Å²) in [6.45, 7) is 3.82. The zero-order chi connectivity index (χ0) is 16.7. The van der Waals surface area contributed by atoms with E-state index in [0.29, 0.717) is 0 Å². The fourth-order valence-electron chi connectivity index (χ4n) is 2.56. The molecule has 1 aliphatic rings. The van der Waals surface area contributed by atoms with Gasteiger partial charge in [-0.25, -0.2) is 0 Å². The minimum atomic E-state index is -0.429. The van der Waals surface area contributed by atoms with Gasteiger partial charge in [0.25, 0.3) is 0 Å². The van der Waals surface area contributed by atoms with Crippen molar-refractivity contribution in [1.29, 1.82) is 0 Å². The first-order valence-electron chi connectivity index (χ1n) is 7.06. The molecular formula is C18H16O5. The van der Waals surface area contributed by atoms with Crippen molar-refractivity contribution >= 4 is 11.9 Å². The van der Waals surface area contributed by atoms with Crippen molar-refractivity contribution in [2.45, 2.75) is 13.8 Å². The summed E-state index contributed by atoms with van der Waals surface area (Å²) in [4.78, 5) is 12.4. The maximum atomic E-state index is 12.4. The number of phenols is 2. The normalized spacial score (nSPS) is 14.7. The van der Waals surface area contributed by atoms with Crippen LogP contribution in [-0.4, -0.2) is 23.1 Å². The Morgan fingerprint density at radius 1 is 1.13 bits per heavy atom. The van der Waals surface area contributed by atoms with Gasteiger partial charge in [-0.05, 0) is 60.9 Å². The molecule has 3 rings (SSSR count). The van der Waals surface area contributed by atoms with Crippen LogP contribution < -0.4 is 9.47 Å². The highest BCUT2D eigenvalue weighted by molar-refractivity contribution is 6.15. The molecular weight excluding hydrogens is 296 g/mol. The van der Waals surface area contributed by atoms with Crippen molar-refractivity contribution in [2.24, 2.45) is 0 Å². The van der Waals surface area contributed by atoms with Gasteiger partial charge in [0, 0.05) is 0 Å². The van der Waals surface area contributed by atoms with E-state index in [2.05, 4.69) is 0 Å². The van der Waals surface area contributed by atoms with E-state index >= 15 is 0 Å². The molecule has 0 atom stereocenters. The summed E-state index contributed by atoms with van der Waals surface area (Å²) in [5.74, 6) is -0.216. The number of carbonyl (C=O) groups is 1. The fourth-order valence-corrected chi connectivity index (χ4v) is 2.56. The summed E-state index contributed by atoms with van der Waals surface area (Å²) in [7, 11) is 1.61. The molecule has 0 radical (unpaired) electrons. The number of phenolic OH excluding ortho intramolecular Hbond substituents is 2. The number of aryl methyl sites for hydroxylation is 2. The topological polar surface area (TPSA) is 76.0 Å². The second kappa shape index (κ2) is 5.35. The van der Waals surface area contributed by atoms with Gasteiger partial charge in [-0.1, -0.05) is 0 Å². The third-order valence-electron chi connectivity index (χ3n) is 3.86. The van der Waals surface area contributed by atoms with E-state index in [0.717, 1.165) is 22.4 Å².